The predicted molar refractivity (Wildman–Crippen MR) is 150 cm³/mol. The summed E-state index contributed by atoms with van der Waals surface area (Å²) in [6.07, 6.45) is 1.63. The van der Waals surface area contributed by atoms with Gasteiger partial charge in [0.15, 0.2) is 4.80 Å². The number of esters is 1. The summed E-state index contributed by atoms with van der Waals surface area (Å²) in [4.78, 5) is 42.3. The molecule has 1 atom stereocenters. The lowest BCUT2D eigenvalue weighted by Gasteiger charge is -2.24. The van der Waals surface area contributed by atoms with Crippen LogP contribution in [0.15, 0.2) is 84.5 Å². The number of furan rings is 1. The summed E-state index contributed by atoms with van der Waals surface area (Å²) in [6.45, 7) is 5.64. The number of allylic oxidation sites excluding steroid dienone is 1. The average Bonchev–Trinajstić information content (AvgIpc) is 3.48. The van der Waals surface area contributed by atoms with Crippen molar-refractivity contribution in [3.05, 3.63) is 117 Å². The Morgan fingerprint density at radius 2 is 1.95 bits per heavy atom. The summed E-state index contributed by atoms with van der Waals surface area (Å²) in [5.74, 6) is 0.394. The fourth-order valence-electron chi connectivity index (χ4n) is 4.38. The molecule has 11 heteroatoms. The lowest BCUT2D eigenvalue weighted by atomic mass is 9.95. The van der Waals surface area contributed by atoms with E-state index in [2.05, 4.69) is 20.9 Å². The second-order valence-corrected chi connectivity index (χ2v) is 10.7. The lowest BCUT2D eigenvalue weighted by molar-refractivity contribution is -0.384. The van der Waals surface area contributed by atoms with Gasteiger partial charge >= 0.3 is 5.97 Å². The van der Waals surface area contributed by atoms with Crippen LogP contribution in [0.5, 0.6) is 0 Å². The first-order chi connectivity index (χ1) is 18.7. The quantitative estimate of drug-likeness (QED) is 0.172. The summed E-state index contributed by atoms with van der Waals surface area (Å²) in [6, 6.07) is 14.8. The number of benzene rings is 2. The smallest absolute Gasteiger partial charge is 0.338 e. The van der Waals surface area contributed by atoms with Gasteiger partial charge in [-0.05, 0) is 60.5 Å². The second kappa shape index (κ2) is 10.6. The normalized spacial score (nSPS) is 15.2. The van der Waals surface area contributed by atoms with Gasteiger partial charge in [0.1, 0.15) is 11.5 Å². The van der Waals surface area contributed by atoms with E-state index in [4.69, 9.17) is 9.15 Å². The standard InChI is InChI=1S/C28H22BrN3O6S/c1-4-37-27(34)24-16(3)30-28-31(25(24)17-7-5-15(2)6-8-17)26(33)23(39-28)14-19-10-12-22(38-19)20-11-9-18(32(35)36)13-21(20)29/h5-14,25H,4H2,1-3H3/b23-14+/t25-/m1/s1. The van der Waals surface area contributed by atoms with Crippen LogP contribution in [0.2, 0.25) is 0 Å². The third-order valence-corrected chi connectivity index (χ3v) is 7.88. The molecule has 0 spiro atoms. The largest absolute Gasteiger partial charge is 0.463 e. The van der Waals surface area contributed by atoms with Crippen LogP contribution in [-0.2, 0) is 9.53 Å². The van der Waals surface area contributed by atoms with Gasteiger partial charge in [-0.25, -0.2) is 9.79 Å². The zero-order valence-corrected chi connectivity index (χ0v) is 23.5. The highest BCUT2D eigenvalue weighted by Crippen LogP contribution is 2.33. The first kappa shape index (κ1) is 26.5. The number of hydrogen-bond acceptors (Lipinski definition) is 8. The van der Waals surface area contributed by atoms with Crippen LogP contribution in [0.3, 0.4) is 0 Å². The van der Waals surface area contributed by atoms with Gasteiger partial charge in [0.25, 0.3) is 11.2 Å². The Labute approximate surface area is 234 Å². The Balaban J connectivity index is 1.60. The van der Waals surface area contributed by atoms with E-state index in [-0.39, 0.29) is 17.9 Å². The molecule has 0 saturated carbocycles. The molecule has 4 aromatic rings. The number of halogens is 1. The van der Waals surface area contributed by atoms with Gasteiger partial charge in [0.05, 0.1) is 33.4 Å². The Morgan fingerprint density at radius 3 is 2.62 bits per heavy atom. The fourth-order valence-corrected chi connectivity index (χ4v) is 5.97. The molecule has 0 amide bonds. The Morgan fingerprint density at radius 1 is 1.21 bits per heavy atom. The maximum absolute atomic E-state index is 13.7. The number of non-ortho nitro benzene ring substituents is 1. The predicted octanol–water partition coefficient (Wildman–Crippen LogP) is 5.04. The number of nitro benzene ring substituents is 1. The van der Waals surface area contributed by atoms with Crippen molar-refractivity contribution in [2.24, 2.45) is 4.99 Å². The van der Waals surface area contributed by atoms with E-state index in [1.54, 1.807) is 38.1 Å². The molecule has 198 valence electrons. The third kappa shape index (κ3) is 5.02. The first-order valence-corrected chi connectivity index (χ1v) is 13.6. The van der Waals surface area contributed by atoms with Crippen molar-refractivity contribution in [2.45, 2.75) is 26.8 Å². The van der Waals surface area contributed by atoms with Gasteiger partial charge in [-0.1, -0.05) is 41.2 Å². The van der Waals surface area contributed by atoms with Crippen LogP contribution >= 0.6 is 27.3 Å². The van der Waals surface area contributed by atoms with Crippen molar-refractivity contribution in [1.29, 1.82) is 0 Å². The van der Waals surface area contributed by atoms with E-state index in [0.717, 1.165) is 11.1 Å². The van der Waals surface area contributed by atoms with E-state index in [1.807, 2.05) is 31.2 Å². The maximum Gasteiger partial charge on any atom is 0.338 e. The zero-order chi connectivity index (χ0) is 27.8. The highest BCUT2D eigenvalue weighted by Gasteiger charge is 2.33. The second-order valence-electron chi connectivity index (χ2n) is 8.84. The minimum absolute atomic E-state index is 0.0425. The van der Waals surface area contributed by atoms with Crippen LogP contribution in [0, 0.1) is 17.0 Å². The minimum Gasteiger partial charge on any atom is -0.463 e. The third-order valence-electron chi connectivity index (χ3n) is 6.24. The Bertz CT molecular complexity index is 1830. The highest BCUT2D eigenvalue weighted by atomic mass is 79.9. The number of ether oxygens (including phenoxy) is 1. The van der Waals surface area contributed by atoms with E-state index in [0.29, 0.717) is 42.2 Å². The summed E-state index contributed by atoms with van der Waals surface area (Å²) in [5.41, 5.74) is 2.92. The SMILES string of the molecule is CCOC(=O)C1=C(C)N=c2s/c(=C/c3ccc(-c4ccc([N+](=O)[O-])cc4Br)o3)c(=O)n2[C@@H]1c1ccc(C)cc1. The number of aromatic nitrogens is 1. The van der Waals surface area contributed by atoms with Crippen LogP contribution in [-0.4, -0.2) is 22.1 Å². The number of hydrogen-bond donors (Lipinski definition) is 0. The van der Waals surface area contributed by atoms with Crippen molar-refractivity contribution in [1.82, 2.24) is 4.57 Å². The van der Waals surface area contributed by atoms with Crippen molar-refractivity contribution >= 4 is 45.0 Å². The number of fused-ring (bicyclic) bond motifs is 1. The average molecular weight is 608 g/mol. The molecule has 2 aromatic carbocycles. The van der Waals surface area contributed by atoms with Crippen molar-refractivity contribution in [3.63, 3.8) is 0 Å². The number of nitrogens with zero attached hydrogens (tertiary/aromatic N) is 3. The highest BCUT2D eigenvalue weighted by molar-refractivity contribution is 9.10. The maximum atomic E-state index is 13.7. The van der Waals surface area contributed by atoms with E-state index < -0.39 is 16.9 Å². The number of rotatable bonds is 6. The van der Waals surface area contributed by atoms with Crippen LogP contribution in [0.25, 0.3) is 17.4 Å². The van der Waals surface area contributed by atoms with E-state index in [1.165, 1.54) is 28.0 Å². The topological polar surface area (TPSA) is 117 Å². The summed E-state index contributed by atoms with van der Waals surface area (Å²) >= 11 is 4.57. The molecule has 0 bridgehead atoms. The molecule has 0 saturated heterocycles. The van der Waals surface area contributed by atoms with Crippen LogP contribution < -0.4 is 14.9 Å². The van der Waals surface area contributed by atoms with Crippen LogP contribution in [0.1, 0.15) is 36.8 Å². The molecule has 0 radical (unpaired) electrons. The molecule has 3 heterocycles. The molecule has 9 nitrogen and oxygen atoms in total. The van der Waals surface area contributed by atoms with Crippen molar-refractivity contribution in [3.8, 4) is 11.3 Å². The summed E-state index contributed by atoms with van der Waals surface area (Å²) in [7, 11) is 0. The van der Waals surface area contributed by atoms with Gasteiger partial charge in [-0.2, -0.15) is 0 Å². The van der Waals surface area contributed by atoms with Gasteiger partial charge in [0.2, 0.25) is 0 Å². The van der Waals surface area contributed by atoms with E-state index >= 15 is 0 Å². The minimum atomic E-state index is -0.689. The number of aryl methyl sites for hydroxylation is 1. The molecule has 1 aliphatic heterocycles. The number of carbonyl (C=O) groups is 1. The molecule has 0 aliphatic carbocycles. The summed E-state index contributed by atoms with van der Waals surface area (Å²) in [5, 5.41) is 11.1. The van der Waals surface area contributed by atoms with Crippen molar-refractivity contribution in [2.75, 3.05) is 6.61 Å². The van der Waals surface area contributed by atoms with E-state index in [9.17, 15) is 19.7 Å². The van der Waals surface area contributed by atoms with Gasteiger partial charge in [-0.3, -0.25) is 19.5 Å². The number of nitro groups is 1. The summed E-state index contributed by atoms with van der Waals surface area (Å²) < 4.78 is 13.7. The molecular weight excluding hydrogens is 586 g/mol. The molecule has 0 N–H and O–H groups in total. The Kier molecular flexibility index (Phi) is 7.19. The molecular formula is C28H22BrN3O6S. The number of carbonyl (C=O) groups excluding carboxylic acids is 1. The monoisotopic (exact) mass is 607 g/mol. The van der Waals surface area contributed by atoms with Gasteiger partial charge in [-0.15, -0.1) is 0 Å². The molecule has 39 heavy (non-hydrogen) atoms. The Hall–Kier alpha value is -4.09. The number of thiazole rings is 1. The van der Waals surface area contributed by atoms with Crippen LogP contribution in [0.4, 0.5) is 5.69 Å². The lowest BCUT2D eigenvalue weighted by Crippen LogP contribution is -2.39. The molecule has 2 aromatic heterocycles. The zero-order valence-electron chi connectivity index (χ0n) is 21.1. The fraction of sp³-hybridized carbons (Fsp3) is 0.179. The molecule has 1 aliphatic rings. The molecule has 0 fully saturated rings. The first-order valence-electron chi connectivity index (χ1n) is 12.0. The van der Waals surface area contributed by atoms with Gasteiger partial charge < -0.3 is 9.15 Å². The molecule has 0 unspecified atom stereocenters. The van der Waals surface area contributed by atoms with Crippen molar-refractivity contribution < 1.29 is 18.9 Å². The molecule has 5 rings (SSSR count). The van der Waals surface area contributed by atoms with Gasteiger partial charge in [0, 0.05) is 28.2 Å².